The van der Waals surface area contributed by atoms with Gasteiger partial charge in [0.05, 0.1) is 32.6 Å². The molecule has 0 spiro atoms. The van der Waals surface area contributed by atoms with Crippen molar-refractivity contribution in [2.24, 2.45) is 0 Å². The number of anilines is 1. The van der Waals surface area contributed by atoms with Crippen LogP contribution < -0.4 is 10.1 Å². The molecule has 2 heterocycles. The Morgan fingerprint density at radius 1 is 1.29 bits per heavy atom. The van der Waals surface area contributed by atoms with Crippen LogP contribution in [0.15, 0.2) is 34.7 Å². The third-order valence-corrected chi connectivity index (χ3v) is 5.22. The van der Waals surface area contributed by atoms with E-state index in [0.29, 0.717) is 22.4 Å². The van der Waals surface area contributed by atoms with Crippen molar-refractivity contribution in [3.8, 4) is 5.75 Å². The second kappa shape index (κ2) is 10.1. The van der Waals surface area contributed by atoms with Crippen LogP contribution in [-0.4, -0.2) is 61.4 Å². The van der Waals surface area contributed by atoms with Gasteiger partial charge in [0.15, 0.2) is 5.11 Å². The Kier molecular flexibility index (Phi) is 7.56. The minimum absolute atomic E-state index is 0.597. The van der Waals surface area contributed by atoms with Gasteiger partial charge in [-0.3, -0.25) is 4.90 Å². The van der Waals surface area contributed by atoms with Gasteiger partial charge in [-0.1, -0.05) is 11.6 Å². The lowest BCUT2D eigenvalue weighted by Crippen LogP contribution is -2.43. The Morgan fingerprint density at radius 2 is 2.07 bits per heavy atom. The molecule has 1 N–H and O–H groups in total. The molecule has 0 atom stereocenters. The zero-order valence-electron chi connectivity index (χ0n) is 16.2. The lowest BCUT2D eigenvalue weighted by molar-refractivity contribution is 0.0356. The lowest BCUT2D eigenvalue weighted by Gasteiger charge is -2.31. The molecule has 28 heavy (non-hydrogen) atoms. The SMILES string of the molecule is COc1cc(Cl)ccc1NC(=S)N(CCN1CCOCC1)Cc1ccc(C)o1. The van der Waals surface area contributed by atoms with Gasteiger partial charge in [-0.25, -0.2) is 0 Å². The fraction of sp³-hybridized carbons (Fsp3) is 0.450. The topological polar surface area (TPSA) is 50.1 Å². The zero-order chi connectivity index (χ0) is 19.9. The van der Waals surface area contributed by atoms with Crippen molar-refractivity contribution in [1.82, 2.24) is 9.80 Å². The first-order valence-electron chi connectivity index (χ1n) is 9.30. The lowest BCUT2D eigenvalue weighted by atomic mass is 10.3. The van der Waals surface area contributed by atoms with Crippen LogP contribution in [0.4, 0.5) is 5.69 Å². The van der Waals surface area contributed by atoms with Crippen LogP contribution in [0, 0.1) is 6.92 Å². The normalized spacial score (nSPS) is 14.7. The number of ether oxygens (including phenoxy) is 2. The van der Waals surface area contributed by atoms with Gasteiger partial charge in [-0.2, -0.15) is 0 Å². The van der Waals surface area contributed by atoms with E-state index in [1.54, 1.807) is 13.2 Å². The molecule has 0 aliphatic carbocycles. The number of aryl methyl sites for hydroxylation is 1. The molecule has 0 radical (unpaired) electrons. The average Bonchev–Trinajstić information content (AvgIpc) is 3.12. The van der Waals surface area contributed by atoms with Gasteiger partial charge in [-0.05, 0) is 43.4 Å². The van der Waals surface area contributed by atoms with Gasteiger partial charge < -0.3 is 24.1 Å². The Labute approximate surface area is 176 Å². The third-order valence-electron chi connectivity index (χ3n) is 4.62. The second-order valence-corrected chi connectivity index (χ2v) is 7.49. The average molecular weight is 424 g/mol. The molecule has 1 aliphatic rings. The highest BCUT2D eigenvalue weighted by Crippen LogP contribution is 2.28. The zero-order valence-corrected chi connectivity index (χ0v) is 17.8. The number of methoxy groups -OCH3 is 1. The summed E-state index contributed by atoms with van der Waals surface area (Å²) in [7, 11) is 1.61. The van der Waals surface area contributed by atoms with E-state index in [-0.39, 0.29) is 0 Å². The van der Waals surface area contributed by atoms with Crippen LogP contribution in [0.5, 0.6) is 5.75 Å². The van der Waals surface area contributed by atoms with Crippen LogP contribution >= 0.6 is 23.8 Å². The number of benzene rings is 1. The number of hydrogen-bond acceptors (Lipinski definition) is 5. The summed E-state index contributed by atoms with van der Waals surface area (Å²) in [6, 6.07) is 9.39. The molecule has 8 heteroatoms. The summed E-state index contributed by atoms with van der Waals surface area (Å²) in [5.41, 5.74) is 0.781. The van der Waals surface area contributed by atoms with Gasteiger partial charge in [0.1, 0.15) is 17.3 Å². The first-order valence-corrected chi connectivity index (χ1v) is 10.1. The van der Waals surface area contributed by atoms with Crippen molar-refractivity contribution in [3.63, 3.8) is 0 Å². The van der Waals surface area contributed by atoms with E-state index in [1.807, 2.05) is 31.2 Å². The highest BCUT2D eigenvalue weighted by atomic mass is 35.5. The van der Waals surface area contributed by atoms with Crippen molar-refractivity contribution >= 4 is 34.6 Å². The standard InChI is InChI=1S/C20H26ClN3O3S/c1-15-3-5-17(27-15)14-24(8-7-23-9-11-26-12-10-23)20(28)22-18-6-4-16(21)13-19(18)25-2/h3-6,13H,7-12,14H2,1-2H3,(H,22,28). The summed E-state index contributed by atoms with van der Waals surface area (Å²) in [6.07, 6.45) is 0. The van der Waals surface area contributed by atoms with Crippen LogP contribution in [0.3, 0.4) is 0 Å². The maximum Gasteiger partial charge on any atom is 0.173 e. The highest BCUT2D eigenvalue weighted by Gasteiger charge is 2.17. The van der Waals surface area contributed by atoms with Crippen molar-refractivity contribution in [3.05, 3.63) is 46.9 Å². The Bertz CT molecular complexity index is 793. The van der Waals surface area contributed by atoms with Crippen molar-refractivity contribution in [2.45, 2.75) is 13.5 Å². The van der Waals surface area contributed by atoms with Crippen molar-refractivity contribution in [1.29, 1.82) is 0 Å². The largest absolute Gasteiger partial charge is 0.495 e. The summed E-state index contributed by atoms with van der Waals surface area (Å²) in [6.45, 7) is 7.67. The molecule has 0 bridgehead atoms. The first-order chi connectivity index (χ1) is 13.5. The summed E-state index contributed by atoms with van der Waals surface area (Å²) in [4.78, 5) is 4.49. The van der Waals surface area contributed by atoms with Crippen molar-refractivity contribution in [2.75, 3.05) is 51.8 Å². The maximum atomic E-state index is 6.06. The van der Waals surface area contributed by atoms with E-state index >= 15 is 0 Å². The Morgan fingerprint density at radius 3 is 2.75 bits per heavy atom. The maximum absolute atomic E-state index is 6.06. The number of nitrogens with one attached hydrogen (secondary N) is 1. The molecule has 1 saturated heterocycles. The number of nitrogens with zero attached hydrogens (tertiary/aromatic N) is 2. The summed E-state index contributed by atoms with van der Waals surface area (Å²) in [5.74, 6) is 2.42. The van der Waals surface area contributed by atoms with Gasteiger partial charge in [-0.15, -0.1) is 0 Å². The second-order valence-electron chi connectivity index (χ2n) is 6.66. The molecule has 1 aliphatic heterocycles. The first kappa shape index (κ1) is 20.9. The quantitative estimate of drug-likeness (QED) is 0.680. The molecule has 0 amide bonds. The molecule has 152 valence electrons. The van der Waals surface area contributed by atoms with Crippen LogP contribution in [0.1, 0.15) is 11.5 Å². The molecule has 6 nitrogen and oxygen atoms in total. The highest BCUT2D eigenvalue weighted by molar-refractivity contribution is 7.80. The number of halogens is 1. The molecular formula is C20H26ClN3O3S. The molecule has 0 saturated carbocycles. The molecule has 1 aromatic carbocycles. The summed E-state index contributed by atoms with van der Waals surface area (Å²) >= 11 is 11.8. The minimum Gasteiger partial charge on any atom is -0.495 e. The number of thiocarbonyl (C=S) groups is 1. The van der Waals surface area contributed by atoms with E-state index in [0.717, 1.165) is 56.6 Å². The summed E-state index contributed by atoms with van der Waals surface area (Å²) in [5, 5.41) is 4.52. The fourth-order valence-electron chi connectivity index (χ4n) is 3.06. The number of hydrogen-bond donors (Lipinski definition) is 1. The van der Waals surface area contributed by atoms with E-state index in [1.165, 1.54) is 0 Å². The van der Waals surface area contributed by atoms with Gasteiger partial charge >= 0.3 is 0 Å². The van der Waals surface area contributed by atoms with Crippen LogP contribution in [0.2, 0.25) is 5.02 Å². The number of furan rings is 1. The molecule has 1 aromatic heterocycles. The molecule has 1 fully saturated rings. The van der Waals surface area contributed by atoms with Crippen molar-refractivity contribution < 1.29 is 13.9 Å². The van der Waals surface area contributed by atoms with E-state index in [2.05, 4.69) is 15.1 Å². The molecule has 3 rings (SSSR count). The molecule has 2 aromatic rings. The van der Waals surface area contributed by atoms with Crippen LogP contribution in [0.25, 0.3) is 0 Å². The van der Waals surface area contributed by atoms with Gasteiger partial charge in [0, 0.05) is 37.3 Å². The number of morpholine rings is 1. The Hall–Kier alpha value is -1.80. The van der Waals surface area contributed by atoms with Crippen LogP contribution in [-0.2, 0) is 11.3 Å². The predicted octanol–water partition coefficient (Wildman–Crippen LogP) is 3.78. The minimum atomic E-state index is 0.597. The van der Waals surface area contributed by atoms with E-state index in [9.17, 15) is 0 Å². The summed E-state index contributed by atoms with van der Waals surface area (Å²) < 4.78 is 16.6. The van der Waals surface area contributed by atoms with Gasteiger partial charge in [0.25, 0.3) is 0 Å². The fourth-order valence-corrected chi connectivity index (χ4v) is 3.49. The monoisotopic (exact) mass is 423 g/mol. The third kappa shape index (κ3) is 5.85. The molecular weight excluding hydrogens is 398 g/mol. The van der Waals surface area contributed by atoms with Gasteiger partial charge in [0.2, 0.25) is 0 Å². The number of rotatable bonds is 7. The smallest absolute Gasteiger partial charge is 0.173 e. The Balaban J connectivity index is 1.69. The van der Waals surface area contributed by atoms with E-state index in [4.69, 9.17) is 37.7 Å². The predicted molar refractivity (Wildman–Crippen MR) is 115 cm³/mol. The van der Waals surface area contributed by atoms with E-state index < -0.39 is 0 Å². The molecule has 0 unspecified atom stereocenters.